The average Bonchev–Trinajstić information content (AvgIpc) is 2.29. The van der Waals surface area contributed by atoms with E-state index < -0.39 is 5.60 Å². The highest BCUT2D eigenvalue weighted by Crippen LogP contribution is 2.26. The second-order valence-electron chi connectivity index (χ2n) is 5.20. The Hall–Kier alpha value is -1.75. The summed E-state index contributed by atoms with van der Waals surface area (Å²) in [7, 11) is 1.49. The van der Waals surface area contributed by atoms with E-state index in [4.69, 9.17) is 9.47 Å². The lowest BCUT2D eigenvalue weighted by atomic mass is 10.2. The fourth-order valence-electron chi connectivity index (χ4n) is 1.52. The lowest BCUT2D eigenvalue weighted by Crippen LogP contribution is -2.31. The molecule has 5 heteroatoms. The molecule has 0 aromatic heterocycles. The van der Waals surface area contributed by atoms with Crippen molar-refractivity contribution in [2.24, 2.45) is 0 Å². The second-order valence-corrected chi connectivity index (χ2v) is 5.20. The fraction of sp³-hybridized carbons (Fsp3) is 0.500. The van der Waals surface area contributed by atoms with E-state index in [0.717, 1.165) is 5.56 Å². The third kappa shape index (κ3) is 5.61. The summed E-state index contributed by atoms with van der Waals surface area (Å²) in [5.41, 5.74) is 0.443. The smallest absolute Gasteiger partial charge is 0.320 e. The lowest BCUT2D eigenvalue weighted by Gasteiger charge is -2.19. The number of carbonyl (C=O) groups is 1. The van der Waals surface area contributed by atoms with E-state index in [1.165, 1.54) is 7.11 Å². The van der Waals surface area contributed by atoms with E-state index >= 15 is 0 Å². The first-order valence-electron chi connectivity index (χ1n) is 6.10. The van der Waals surface area contributed by atoms with E-state index in [2.05, 4.69) is 5.32 Å². The molecule has 0 saturated heterocycles. The van der Waals surface area contributed by atoms with Crippen molar-refractivity contribution in [1.29, 1.82) is 0 Å². The van der Waals surface area contributed by atoms with E-state index in [9.17, 15) is 9.90 Å². The van der Waals surface area contributed by atoms with Gasteiger partial charge in [0.05, 0.1) is 13.7 Å². The number of esters is 1. The van der Waals surface area contributed by atoms with Gasteiger partial charge in [0.25, 0.3) is 0 Å². The molecule has 1 aromatic rings. The SMILES string of the molecule is COc1cc(CNCC(=O)OC(C)(C)C)ccc1O. The second kappa shape index (κ2) is 6.43. The van der Waals surface area contributed by atoms with Crippen LogP contribution in [0.5, 0.6) is 11.5 Å². The molecule has 0 aliphatic carbocycles. The van der Waals surface area contributed by atoms with Crippen molar-refractivity contribution in [2.45, 2.75) is 32.9 Å². The quantitative estimate of drug-likeness (QED) is 0.797. The molecule has 0 unspecified atom stereocenters. The van der Waals surface area contributed by atoms with Crippen molar-refractivity contribution in [3.05, 3.63) is 23.8 Å². The number of methoxy groups -OCH3 is 1. The van der Waals surface area contributed by atoms with E-state index in [1.807, 2.05) is 20.8 Å². The highest BCUT2D eigenvalue weighted by atomic mass is 16.6. The Bertz CT molecular complexity index is 438. The summed E-state index contributed by atoms with van der Waals surface area (Å²) >= 11 is 0. The summed E-state index contributed by atoms with van der Waals surface area (Å²) in [5.74, 6) is 0.216. The van der Waals surface area contributed by atoms with Gasteiger partial charge in [0.2, 0.25) is 0 Å². The molecule has 0 saturated carbocycles. The van der Waals surface area contributed by atoms with E-state index in [0.29, 0.717) is 12.3 Å². The van der Waals surface area contributed by atoms with Gasteiger partial charge in [-0.05, 0) is 38.5 Å². The van der Waals surface area contributed by atoms with Crippen LogP contribution < -0.4 is 10.1 Å². The Morgan fingerprint density at radius 2 is 2.05 bits per heavy atom. The number of ether oxygens (including phenoxy) is 2. The van der Waals surface area contributed by atoms with Gasteiger partial charge >= 0.3 is 5.97 Å². The fourth-order valence-corrected chi connectivity index (χ4v) is 1.52. The molecule has 0 heterocycles. The van der Waals surface area contributed by atoms with Crippen molar-refractivity contribution in [3.63, 3.8) is 0 Å². The van der Waals surface area contributed by atoms with Crippen LogP contribution in [0, 0.1) is 0 Å². The van der Waals surface area contributed by atoms with Gasteiger partial charge in [0.15, 0.2) is 11.5 Å². The molecular weight excluding hydrogens is 246 g/mol. The Morgan fingerprint density at radius 3 is 2.63 bits per heavy atom. The van der Waals surface area contributed by atoms with Gasteiger partial charge in [-0.2, -0.15) is 0 Å². The van der Waals surface area contributed by atoms with Crippen LogP contribution in [0.2, 0.25) is 0 Å². The molecule has 106 valence electrons. The summed E-state index contributed by atoms with van der Waals surface area (Å²) in [4.78, 5) is 11.5. The predicted octanol–water partition coefficient (Wildman–Crippen LogP) is 1.83. The molecule has 0 amide bonds. The highest BCUT2D eigenvalue weighted by Gasteiger charge is 2.15. The van der Waals surface area contributed by atoms with Crippen LogP contribution in [-0.4, -0.2) is 30.3 Å². The number of carbonyl (C=O) groups excluding carboxylic acids is 1. The minimum Gasteiger partial charge on any atom is -0.504 e. The number of phenols is 1. The highest BCUT2D eigenvalue weighted by molar-refractivity contribution is 5.72. The van der Waals surface area contributed by atoms with E-state index in [1.54, 1.807) is 18.2 Å². The summed E-state index contributed by atoms with van der Waals surface area (Å²) in [6.07, 6.45) is 0. The number of benzene rings is 1. The van der Waals surface area contributed by atoms with Gasteiger partial charge in [-0.15, -0.1) is 0 Å². The summed E-state index contributed by atoms with van der Waals surface area (Å²) < 4.78 is 10.2. The van der Waals surface area contributed by atoms with Crippen molar-refractivity contribution < 1.29 is 19.4 Å². The van der Waals surface area contributed by atoms with Crippen LogP contribution in [0.3, 0.4) is 0 Å². The molecule has 2 N–H and O–H groups in total. The first-order valence-corrected chi connectivity index (χ1v) is 6.10. The molecule has 0 aliphatic heterocycles. The predicted molar refractivity (Wildman–Crippen MR) is 72.2 cm³/mol. The number of phenolic OH excluding ortho intramolecular Hbond substituents is 1. The molecule has 0 spiro atoms. The maximum atomic E-state index is 11.5. The van der Waals surface area contributed by atoms with Crippen LogP contribution in [-0.2, 0) is 16.1 Å². The number of aromatic hydroxyl groups is 1. The Morgan fingerprint density at radius 1 is 1.37 bits per heavy atom. The first-order chi connectivity index (χ1) is 8.81. The van der Waals surface area contributed by atoms with Gasteiger partial charge in [-0.1, -0.05) is 6.07 Å². The third-order valence-electron chi connectivity index (χ3n) is 2.26. The molecule has 1 aromatic carbocycles. The summed E-state index contributed by atoms with van der Waals surface area (Å²) in [6.45, 7) is 6.12. The zero-order valence-electron chi connectivity index (χ0n) is 11.8. The molecule has 1 rings (SSSR count). The Balaban J connectivity index is 2.43. The molecular formula is C14H21NO4. The van der Waals surface area contributed by atoms with Crippen molar-refractivity contribution in [1.82, 2.24) is 5.32 Å². The molecule has 0 fully saturated rings. The van der Waals surface area contributed by atoms with Gasteiger partial charge in [-0.3, -0.25) is 4.79 Å². The zero-order chi connectivity index (χ0) is 14.5. The standard InChI is InChI=1S/C14H21NO4/c1-14(2,3)19-13(17)9-15-8-10-5-6-11(16)12(7-10)18-4/h5-7,15-16H,8-9H2,1-4H3. The van der Waals surface area contributed by atoms with Crippen LogP contribution in [0.1, 0.15) is 26.3 Å². The largest absolute Gasteiger partial charge is 0.504 e. The Labute approximate surface area is 113 Å². The monoisotopic (exact) mass is 267 g/mol. The first kappa shape index (κ1) is 15.3. The number of hydrogen-bond acceptors (Lipinski definition) is 5. The van der Waals surface area contributed by atoms with Crippen LogP contribution in [0.4, 0.5) is 0 Å². The minimum atomic E-state index is -0.472. The normalized spacial score (nSPS) is 11.2. The van der Waals surface area contributed by atoms with Gasteiger partial charge in [0, 0.05) is 6.54 Å². The van der Waals surface area contributed by atoms with Crippen molar-refractivity contribution in [2.75, 3.05) is 13.7 Å². The van der Waals surface area contributed by atoms with Gasteiger partial charge < -0.3 is 19.9 Å². The van der Waals surface area contributed by atoms with Crippen molar-refractivity contribution >= 4 is 5.97 Å². The number of hydrogen-bond donors (Lipinski definition) is 2. The van der Waals surface area contributed by atoms with Crippen LogP contribution in [0.25, 0.3) is 0 Å². The van der Waals surface area contributed by atoms with E-state index in [-0.39, 0.29) is 18.3 Å². The topological polar surface area (TPSA) is 67.8 Å². The summed E-state index contributed by atoms with van der Waals surface area (Å²) in [5, 5.41) is 12.4. The molecule has 0 aliphatic rings. The lowest BCUT2D eigenvalue weighted by molar-refractivity contribution is -0.153. The molecule has 0 bridgehead atoms. The molecule has 0 radical (unpaired) electrons. The summed E-state index contributed by atoms with van der Waals surface area (Å²) in [6, 6.07) is 5.04. The maximum absolute atomic E-state index is 11.5. The van der Waals surface area contributed by atoms with Gasteiger partial charge in [0.1, 0.15) is 5.60 Å². The van der Waals surface area contributed by atoms with Gasteiger partial charge in [-0.25, -0.2) is 0 Å². The number of nitrogens with one attached hydrogen (secondary N) is 1. The average molecular weight is 267 g/mol. The molecule has 0 atom stereocenters. The molecule has 19 heavy (non-hydrogen) atoms. The molecule has 5 nitrogen and oxygen atoms in total. The van der Waals surface area contributed by atoms with Crippen molar-refractivity contribution in [3.8, 4) is 11.5 Å². The maximum Gasteiger partial charge on any atom is 0.320 e. The third-order valence-corrected chi connectivity index (χ3v) is 2.26. The number of rotatable bonds is 5. The minimum absolute atomic E-state index is 0.0957. The van der Waals surface area contributed by atoms with Crippen LogP contribution in [0.15, 0.2) is 18.2 Å². The Kier molecular flexibility index (Phi) is 5.18. The van der Waals surface area contributed by atoms with Crippen LogP contribution >= 0.6 is 0 Å². The zero-order valence-corrected chi connectivity index (χ0v) is 11.8.